The minimum absolute atomic E-state index is 0.162. The van der Waals surface area contributed by atoms with E-state index in [2.05, 4.69) is 32.7 Å². The highest BCUT2D eigenvalue weighted by molar-refractivity contribution is 9.10. The van der Waals surface area contributed by atoms with Gasteiger partial charge < -0.3 is 4.90 Å². The van der Waals surface area contributed by atoms with Crippen LogP contribution in [0.3, 0.4) is 0 Å². The molecule has 1 saturated carbocycles. The number of aromatic nitrogens is 3. The zero-order valence-corrected chi connectivity index (χ0v) is 18.9. The molecule has 0 saturated heterocycles. The highest BCUT2D eigenvalue weighted by Crippen LogP contribution is 2.30. The Morgan fingerprint density at radius 2 is 2.00 bits per heavy atom. The molecule has 1 aromatic carbocycles. The van der Waals surface area contributed by atoms with Gasteiger partial charge in [-0.3, -0.25) is 9.36 Å². The number of hydrogen-bond acceptors (Lipinski definition) is 4. The van der Waals surface area contributed by atoms with Gasteiger partial charge in [-0.05, 0) is 31.9 Å². The SMILES string of the molecule is C=CCn1c(SC(C)C(=O)N(C)C2CCCCC2)nnc1-c1ccc(Br)cc1. The lowest BCUT2D eigenvalue weighted by molar-refractivity contribution is -0.131. The molecule has 0 bridgehead atoms. The third-order valence-corrected chi connectivity index (χ3v) is 6.83. The second-order valence-corrected chi connectivity index (χ2v) is 9.44. The van der Waals surface area contributed by atoms with Crippen molar-refractivity contribution in [3.05, 3.63) is 41.4 Å². The summed E-state index contributed by atoms with van der Waals surface area (Å²) >= 11 is 4.93. The van der Waals surface area contributed by atoms with Gasteiger partial charge in [-0.25, -0.2) is 0 Å². The summed E-state index contributed by atoms with van der Waals surface area (Å²) < 4.78 is 3.04. The van der Waals surface area contributed by atoms with Crippen LogP contribution in [-0.4, -0.2) is 43.9 Å². The topological polar surface area (TPSA) is 51.0 Å². The fourth-order valence-electron chi connectivity index (χ4n) is 3.63. The molecule has 150 valence electrons. The Kier molecular flexibility index (Phi) is 7.35. The van der Waals surface area contributed by atoms with Crippen LogP contribution in [0.1, 0.15) is 39.0 Å². The van der Waals surface area contributed by atoms with E-state index >= 15 is 0 Å². The lowest BCUT2D eigenvalue weighted by Crippen LogP contribution is -2.42. The monoisotopic (exact) mass is 462 g/mol. The summed E-state index contributed by atoms with van der Waals surface area (Å²) in [7, 11) is 1.94. The Bertz CT molecular complexity index is 814. The highest BCUT2D eigenvalue weighted by Gasteiger charge is 2.27. The first kappa shape index (κ1) is 21.1. The minimum Gasteiger partial charge on any atom is -0.342 e. The van der Waals surface area contributed by atoms with E-state index in [1.54, 1.807) is 0 Å². The van der Waals surface area contributed by atoms with Crippen molar-refractivity contribution < 1.29 is 4.79 Å². The van der Waals surface area contributed by atoms with E-state index in [-0.39, 0.29) is 11.2 Å². The zero-order valence-electron chi connectivity index (χ0n) is 16.5. The highest BCUT2D eigenvalue weighted by atomic mass is 79.9. The molecule has 0 spiro atoms. The van der Waals surface area contributed by atoms with Crippen LogP contribution in [0.25, 0.3) is 11.4 Å². The van der Waals surface area contributed by atoms with E-state index in [0.717, 1.165) is 33.9 Å². The Hall–Kier alpha value is -1.60. The van der Waals surface area contributed by atoms with E-state index in [4.69, 9.17) is 0 Å². The predicted molar refractivity (Wildman–Crippen MR) is 118 cm³/mol. The molecule has 1 atom stereocenters. The van der Waals surface area contributed by atoms with Crippen molar-refractivity contribution in [3.63, 3.8) is 0 Å². The number of amides is 1. The maximum absolute atomic E-state index is 13.0. The summed E-state index contributed by atoms with van der Waals surface area (Å²) in [5.41, 5.74) is 0.989. The Morgan fingerprint density at radius 3 is 2.64 bits per heavy atom. The predicted octanol–water partition coefficient (Wildman–Crippen LogP) is 5.17. The van der Waals surface area contributed by atoms with Gasteiger partial charge in [-0.1, -0.05) is 65.2 Å². The van der Waals surface area contributed by atoms with Gasteiger partial charge in [0, 0.05) is 29.7 Å². The molecule has 1 amide bonds. The molecular weight excluding hydrogens is 436 g/mol. The number of benzene rings is 1. The van der Waals surface area contributed by atoms with Crippen molar-refractivity contribution >= 4 is 33.6 Å². The van der Waals surface area contributed by atoms with Crippen LogP contribution < -0.4 is 0 Å². The van der Waals surface area contributed by atoms with Crippen LogP contribution in [0.2, 0.25) is 0 Å². The standard InChI is InChI=1S/C21H27BrN4OS/c1-4-14-26-19(16-10-12-17(22)13-11-16)23-24-21(26)28-15(2)20(27)25(3)18-8-6-5-7-9-18/h4,10-13,15,18H,1,5-9,14H2,2-3H3. The van der Waals surface area contributed by atoms with Gasteiger partial charge in [0.25, 0.3) is 0 Å². The number of hydrogen-bond donors (Lipinski definition) is 0. The number of rotatable bonds is 7. The van der Waals surface area contributed by atoms with E-state index in [1.165, 1.54) is 31.0 Å². The largest absolute Gasteiger partial charge is 0.342 e. The lowest BCUT2D eigenvalue weighted by atomic mass is 9.94. The molecule has 0 aliphatic heterocycles. The molecule has 1 unspecified atom stereocenters. The van der Waals surface area contributed by atoms with Gasteiger partial charge in [0.15, 0.2) is 11.0 Å². The van der Waals surface area contributed by atoms with Gasteiger partial charge in [0.05, 0.1) is 5.25 Å². The van der Waals surface area contributed by atoms with E-state index in [9.17, 15) is 4.79 Å². The normalized spacial score (nSPS) is 16.0. The molecule has 1 aliphatic carbocycles. The van der Waals surface area contributed by atoms with Crippen LogP contribution in [0.4, 0.5) is 0 Å². The van der Waals surface area contributed by atoms with Crippen LogP contribution in [-0.2, 0) is 11.3 Å². The van der Waals surface area contributed by atoms with Gasteiger partial charge >= 0.3 is 0 Å². The molecule has 7 heteroatoms. The first-order valence-electron chi connectivity index (χ1n) is 9.74. The van der Waals surface area contributed by atoms with Crippen molar-refractivity contribution in [2.45, 2.75) is 62.0 Å². The number of carbonyl (C=O) groups is 1. The van der Waals surface area contributed by atoms with Gasteiger partial charge in [-0.2, -0.15) is 0 Å². The Morgan fingerprint density at radius 1 is 1.32 bits per heavy atom. The lowest BCUT2D eigenvalue weighted by Gasteiger charge is -2.32. The molecule has 1 fully saturated rings. The van der Waals surface area contributed by atoms with Crippen molar-refractivity contribution in [2.24, 2.45) is 0 Å². The van der Waals surface area contributed by atoms with Gasteiger partial charge in [-0.15, -0.1) is 16.8 Å². The second kappa shape index (κ2) is 9.74. The molecule has 0 N–H and O–H groups in total. The summed E-state index contributed by atoms with van der Waals surface area (Å²) in [5, 5.41) is 9.29. The smallest absolute Gasteiger partial charge is 0.235 e. The molecule has 1 aliphatic rings. The molecule has 28 heavy (non-hydrogen) atoms. The van der Waals surface area contributed by atoms with Crippen molar-refractivity contribution in [1.29, 1.82) is 0 Å². The van der Waals surface area contributed by atoms with E-state index < -0.39 is 0 Å². The summed E-state index contributed by atoms with van der Waals surface area (Å²) in [5.74, 6) is 0.949. The van der Waals surface area contributed by atoms with Crippen molar-refractivity contribution in [2.75, 3.05) is 7.05 Å². The summed E-state index contributed by atoms with van der Waals surface area (Å²) in [6.07, 6.45) is 7.77. The van der Waals surface area contributed by atoms with Gasteiger partial charge in [0.2, 0.25) is 5.91 Å². The van der Waals surface area contributed by atoms with Gasteiger partial charge in [0.1, 0.15) is 0 Å². The Balaban J connectivity index is 1.76. The van der Waals surface area contributed by atoms with E-state index in [0.29, 0.717) is 12.6 Å². The average molecular weight is 463 g/mol. The fourth-order valence-corrected chi connectivity index (χ4v) is 4.85. The fraction of sp³-hybridized carbons (Fsp3) is 0.476. The number of allylic oxidation sites excluding steroid dienone is 1. The number of halogens is 1. The first-order valence-corrected chi connectivity index (χ1v) is 11.4. The average Bonchev–Trinajstić information content (AvgIpc) is 3.10. The maximum Gasteiger partial charge on any atom is 0.235 e. The van der Waals surface area contributed by atoms with E-state index in [1.807, 2.05) is 53.8 Å². The second-order valence-electron chi connectivity index (χ2n) is 7.21. The molecule has 5 nitrogen and oxygen atoms in total. The molecule has 1 aromatic heterocycles. The van der Waals surface area contributed by atoms with Crippen LogP contribution >= 0.6 is 27.7 Å². The first-order chi connectivity index (χ1) is 13.5. The summed E-state index contributed by atoms with van der Waals surface area (Å²) in [4.78, 5) is 14.9. The van der Waals surface area contributed by atoms with Crippen molar-refractivity contribution in [1.82, 2.24) is 19.7 Å². The third-order valence-electron chi connectivity index (χ3n) is 5.23. The molecular formula is C21H27BrN4OS. The molecule has 1 heterocycles. The van der Waals surface area contributed by atoms with Crippen LogP contribution in [0.15, 0.2) is 46.5 Å². The molecule has 0 radical (unpaired) electrons. The minimum atomic E-state index is -0.211. The summed E-state index contributed by atoms with van der Waals surface area (Å²) in [6.45, 7) is 6.42. The molecule has 2 aromatic rings. The molecule has 3 rings (SSSR count). The zero-order chi connectivity index (χ0) is 20.1. The quantitative estimate of drug-likeness (QED) is 0.420. The third kappa shape index (κ3) is 4.87. The Labute approximate surface area is 179 Å². The van der Waals surface area contributed by atoms with Crippen LogP contribution in [0.5, 0.6) is 0 Å². The number of nitrogens with zero attached hydrogens (tertiary/aromatic N) is 4. The number of carbonyl (C=O) groups excluding carboxylic acids is 1. The summed E-state index contributed by atoms with van der Waals surface area (Å²) in [6, 6.07) is 8.36. The van der Waals surface area contributed by atoms with Crippen molar-refractivity contribution in [3.8, 4) is 11.4 Å². The van der Waals surface area contributed by atoms with Crippen LogP contribution in [0, 0.1) is 0 Å². The number of thioether (sulfide) groups is 1. The maximum atomic E-state index is 13.0.